The molecule has 0 saturated heterocycles. The normalized spacial score (nSPS) is 17.4. The molecule has 2 aromatic rings. The van der Waals surface area contributed by atoms with Crippen LogP contribution in [0.4, 0.5) is 5.69 Å². The van der Waals surface area contributed by atoms with Gasteiger partial charge < -0.3 is 10.5 Å². The lowest BCUT2D eigenvalue weighted by Gasteiger charge is -2.12. The molecule has 0 fully saturated rings. The highest BCUT2D eigenvalue weighted by molar-refractivity contribution is 5.65. The second-order valence-corrected chi connectivity index (χ2v) is 4.46. The average Bonchev–Trinajstić information content (AvgIpc) is 2.97. The number of nitrogens with zero attached hydrogens (tertiary/aromatic N) is 1. The molecule has 1 aromatic heterocycles. The summed E-state index contributed by atoms with van der Waals surface area (Å²) in [6, 6.07) is 9.37. The standard InChI is InChI=1S/C15H15N3O2/c1-19-14-8-11(16)2-3-12(14)15-9-13(18-20-15)10-4-6-17-7-5-10/h2-9,15,18H,16H2,1H3. The fourth-order valence-electron chi connectivity index (χ4n) is 2.15. The zero-order chi connectivity index (χ0) is 13.9. The Kier molecular flexibility index (Phi) is 3.26. The number of nitrogen functional groups attached to an aromatic ring is 1. The van der Waals surface area contributed by atoms with E-state index in [-0.39, 0.29) is 6.10 Å². The van der Waals surface area contributed by atoms with Crippen LogP contribution in [0, 0.1) is 0 Å². The van der Waals surface area contributed by atoms with Crippen LogP contribution >= 0.6 is 0 Å². The van der Waals surface area contributed by atoms with Crippen LogP contribution in [0.1, 0.15) is 17.2 Å². The van der Waals surface area contributed by atoms with Gasteiger partial charge in [0.15, 0.2) is 0 Å². The van der Waals surface area contributed by atoms with Gasteiger partial charge in [0.25, 0.3) is 0 Å². The van der Waals surface area contributed by atoms with Crippen molar-refractivity contribution in [1.82, 2.24) is 10.5 Å². The summed E-state index contributed by atoms with van der Waals surface area (Å²) in [5.74, 6) is 0.712. The van der Waals surface area contributed by atoms with Crippen molar-refractivity contribution in [1.29, 1.82) is 0 Å². The molecular formula is C15H15N3O2. The van der Waals surface area contributed by atoms with E-state index in [0.29, 0.717) is 11.4 Å². The van der Waals surface area contributed by atoms with Crippen LogP contribution in [0.5, 0.6) is 5.75 Å². The summed E-state index contributed by atoms with van der Waals surface area (Å²) in [7, 11) is 1.62. The van der Waals surface area contributed by atoms with Crippen molar-refractivity contribution >= 4 is 11.4 Å². The molecule has 102 valence electrons. The first-order valence-electron chi connectivity index (χ1n) is 6.25. The summed E-state index contributed by atoms with van der Waals surface area (Å²) >= 11 is 0. The number of methoxy groups -OCH3 is 1. The number of hydrogen-bond donors (Lipinski definition) is 2. The van der Waals surface area contributed by atoms with Crippen molar-refractivity contribution in [3.8, 4) is 5.75 Å². The first-order valence-corrected chi connectivity index (χ1v) is 6.25. The van der Waals surface area contributed by atoms with Gasteiger partial charge in [-0.1, -0.05) is 6.07 Å². The Hall–Kier alpha value is -2.53. The van der Waals surface area contributed by atoms with Gasteiger partial charge in [-0.15, -0.1) is 0 Å². The van der Waals surface area contributed by atoms with Crippen molar-refractivity contribution in [2.45, 2.75) is 6.10 Å². The van der Waals surface area contributed by atoms with E-state index in [4.69, 9.17) is 15.3 Å². The van der Waals surface area contributed by atoms with Gasteiger partial charge in [-0.05, 0) is 24.3 Å². The van der Waals surface area contributed by atoms with E-state index in [9.17, 15) is 0 Å². The molecule has 5 heteroatoms. The topological polar surface area (TPSA) is 69.4 Å². The van der Waals surface area contributed by atoms with Crippen molar-refractivity contribution in [3.05, 3.63) is 59.9 Å². The van der Waals surface area contributed by atoms with E-state index in [1.54, 1.807) is 25.6 Å². The number of ether oxygens (including phenoxy) is 1. The minimum Gasteiger partial charge on any atom is -0.496 e. The number of nitrogens with two attached hydrogens (primary N) is 1. The monoisotopic (exact) mass is 269 g/mol. The first-order chi connectivity index (χ1) is 9.78. The first kappa shape index (κ1) is 12.5. The number of nitrogens with one attached hydrogen (secondary N) is 1. The summed E-state index contributed by atoms with van der Waals surface area (Å²) in [6.07, 6.45) is 5.28. The minimum atomic E-state index is -0.214. The van der Waals surface area contributed by atoms with E-state index in [2.05, 4.69) is 10.5 Å². The van der Waals surface area contributed by atoms with Gasteiger partial charge in [0.1, 0.15) is 11.9 Å². The predicted molar refractivity (Wildman–Crippen MR) is 76.6 cm³/mol. The molecule has 1 aromatic carbocycles. The average molecular weight is 269 g/mol. The van der Waals surface area contributed by atoms with Crippen molar-refractivity contribution in [2.24, 2.45) is 0 Å². The molecule has 2 heterocycles. The molecule has 1 aliphatic rings. The van der Waals surface area contributed by atoms with E-state index < -0.39 is 0 Å². The van der Waals surface area contributed by atoms with Crippen LogP contribution in [-0.2, 0) is 4.84 Å². The third kappa shape index (κ3) is 2.31. The van der Waals surface area contributed by atoms with Crippen molar-refractivity contribution in [2.75, 3.05) is 12.8 Å². The van der Waals surface area contributed by atoms with Gasteiger partial charge in [-0.3, -0.25) is 15.3 Å². The molecule has 20 heavy (non-hydrogen) atoms. The summed E-state index contributed by atoms with van der Waals surface area (Å²) in [5.41, 5.74) is 12.2. The van der Waals surface area contributed by atoms with Gasteiger partial charge in [-0.25, -0.2) is 0 Å². The van der Waals surface area contributed by atoms with Crippen LogP contribution in [0.3, 0.4) is 0 Å². The quantitative estimate of drug-likeness (QED) is 0.837. The Balaban J connectivity index is 1.92. The maximum Gasteiger partial charge on any atom is 0.134 e. The van der Waals surface area contributed by atoms with E-state index >= 15 is 0 Å². The van der Waals surface area contributed by atoms with Gasteiger partial charge in [0.2, 0.25) is 0 Å². The second-order valence-electron chi connectivity index (χ2n) is 4.46. The molecule has 0 amide bonds. The lowest BCUT2D eigenvalue weighted by molar-refractivity contribution is 0.0497. The number of hydroxylamine groups is 1. The van der Waals surface area contributed by atoms with Crippen LogP contribution < -0.4 is 16.0 Å². The highest BCUT2D eigenvalue weighted by Gasteiger charge is 2.22. The number of anilines is 1. The molecule has 0 aliphatic carbocycles. The highest BCUT2D eigenvalue weighted by atomic mass is 16.7. The third-order valence-corrected chi connectivity index (χ3v) is 3.17. The molecule has 1 atom stereocenters. The van der Waals surface area contributed by atoms with E-state index in [0.717, 1.165) is 16.8 Å². The Morgan fingerprint density at radius 1 is 1.25 bits per heavy atom. The number of hydrogen-bond acceptors (Lipinski definition) is 5. The number of benzene rings is 1. The zero-order valence-electron chi connectivity index (χ0n) is 11.0. The van der Waals surface area contributed by atoms with Crippen molar-refractivity contribution in [3.63, 3.8) is 0 Å². The van der Waals surface area contributed by atoms with E-state index in [1.807, 2.05) is 30.3 Å². The van der Waals surface area contributed by atoms with Gasteiger partial charge in [0, 0.05) is 35.3 Å². The summed E-state index contributed by atoms with van der Waals surface area (Å²) < 4.78 is 5.35. The van der Waals surface area contributed by atoms with Crippen LogP contribution in [0.25, 0.3) is 5.70 Å². The number of pyridine rings is 1. The van der Waals surface area contributed by atoms with E-state index in [1.165, 1.54) is 0 Å². The smallest absolute Gasteiger partial charge is 0.134 e. The maximum absolute atomic E-state index is 5.76. The lowest BCUT2D eigenvalue weighted by atomic mass is 10.1. The Morgan fingerprint density at radius 3 is 2.80 bits per heavy atom. The Bertz CT molecular complexity index is 641. The zero-order valence-corrected chi connectivity index (χ0v) is 11.0. The molecule has 1 unspecified atom stereocenters. The highest BCUT2D eigenvalue weighted by Crippen LogP contribution is 2.34. The Morgan fingerprint density at radius 2 is 2.05 bits per heavy atom. The van der Waals surface area contributed by atoms with Gasteiger partial charge in [0.05, 0.1) is 12.8 Å². The SMILES string of the molecule is COc1cc(N)ccc1C1C=C(c2ccncc2)NO1. The molecule has 0 bridgehead atoms. The van der Waals surface area contributed by atoms with Gasteiger partial charge >= 0.3 is 0 Å². The van der Waals surface area contributed by atoms with Crippen LogP contribution in [0.2, 0.25) is 0 Å². The van der Waals surface area contributed by atoms with Crippen LogP contribution in [-0.4, -0.2) is 12.1 Å². The lowest BCUT2D eigenvalue weighted by Crippen LogP contribution is -2.08. The molecule has 3 N–H and O–H groups in total. The summed E-state index contributed by atoms with van der Waals surface area (Å²) in [6.45, 7) is 0. The molecule has 5 nitrogen and oxygen atoms in total. The molecule has 0 spiro atoms. The largest absolute Gasteiger partial charge is 0.496 e. The fourth-order valence-corrected chi connectivity index (χ4v) is 2.15. The maximum atomic E-state index is 5.76. The van der Waals surface area contributed by atoms with Crippen LogP contribution in [0.15, 0.2) is 48.8 Å². The fraction of sp³-hybridized carbons (Fsp3) is 0.133. The number of aromatic nitrogens is 1. The minimum absolute atomic E-state index is 0.214. The molecular weight excluding hydrogens is 254 g/mol. The van der Waals surface area contributed by atoms with Crippen molar-refractivity contribution < 1.29 is 9.57 Å². The summed E-state index contributed by atoms with van der Waals surface area (Å²) in [4.78, 5) is 9.61. The molecule has 0 saturated carbocycles. The van der Waals surface area contributed by atoms with Gasteiger partial charge in [-0.2, -0.15) is 0 Å². The molecule has 0 radical (unpaired) electrons. The molecule has 3 rings (SSSR count). The molecule has 1 aliphatic heterocycles. The second kappa shape index (κ2) is 5.22. The number of rotatable bonds is 3. The predicted octanol–water partition coefficient (Wildman–Crippen LogP) is 2.29. The third-order valence-electron chi connectivity index (χ3n) is 3.17. The Labute approximate surface area is 117 Å². The summed E-state index contributed by atoms with van der Waals surface area (Å²) in [5, 5.41) is 0.